The van der Waals surface area contributed by atoms with Crippen LogP contribution in [0.2, 0.25) is 5.02 Å². The highest BCUT2D eigenvalue weighted by Crippen LogP contribution is 2.25. The van der Waals surface area contributed by atoms with Gasteiger partial charge in [-0.25, -0.2) is 17.1 Å². The molecule has 18 heavy (non-hydrogen) atoms. The number of sulfonamides is 1. The zero-order chi connectivity index (χ0) is 13.9. The predicted molar refractivity (Wildman–Crippen MR) is 69.4 cm³/mol. The quantitative estimate of drug-likeness (QED) is 0.903. The first-order valence-corrected chi connectivity index (χ1v) is 7.30. The zero-order valence-corrected chi connectivity index (χ0v) is 11.9. The van der Waals surface area contributed by atoms with Gasteiger partial charge in [0, 0.05) is 20.1 Å². The number of halogens is 2. The van der Waals surface area contributed by atoms with E-state index in [1.54, 1.807) is 0 Å². The highest BCUT2D eigenvalue weighted by Gasteiger charge is 2.22. The summed E-state index contributed by atoms with van der Waals surface area (Å²) in [5, 5.41) is -0.130. The van der Waals surface area contributed by atoms with E-state index in [1.807, 2.05) is 6.92 Å². The minimum Gasteiger partial charge on any atom is -0.326 e. The van der Waals surface area contributed by atoms with Crippen molar-refractivity contribution in [3.05, 3.63) is 28.5 Å². The fourth-order valence-electron chi connectivity index (χ4n) is 1.53. The standard InChI is InChI=1S/C11H16ClFN2O2S/c1-3-4-15(2)18(16,17)9-5-8(7-14)11(12)10(13)6-9/h5-6H,3-4,7,14H2,1-2H3. The average molecular weight is 295 g/mol. The molecule has 0 saturated heterocycles. The van der Waals surface area contributed by atoms with Gasteiger partial charge in [-0.1, -0.05) is 18.5 Å². The van der Waals surface area contributed by atoms with Gasteiger partial charge in [0.1, 0.15) is 5.82 Å². The van der Waals surface area contributed by atoms with Crippen LogP contribution in [0.4, 0.5) is 4.39 Å². The molecule has 0 unspecified atom stereocenters. The molecule has 0 aliphatic carbocycles. The van der Waals surface area contributed by atoms with Crippen LogP contribution in [-0.4, -0.2) is 26.3 Å². The lowest BCUT2D eigenvalue weighted by atomic mass is 10.2. The zero-order valence-electron chi connectivity index (χ0n) is 10.3. The van der Waals surface area contributed by atoms with Gasteiger partial charge in [-0.05, 0) is 24.1 Å². The van der Waals surface area contributed by atoms with Gasteiger partial charge in [0.2, 0.25) is 10.0 Å². The number of rotatable bonds is 5. The maximum absolute atomic E-state index is 13.5. The number of nitrogens with zero attached hydrogens (tertiary/aromatic N) is 1. The van der Waals surface area contributed by atoms with Crippen LogP contribution in [0, 0.1) is 5.82 Å². The van der Waals surface area contributed by atoms with Crippen molar-refractivity contribution >= 4 is 21.6 Å². The highest BCUT2D eigenvalue weighted by molar-refractivity contribution is 7.89. The van der Waals surface area contributed by atoms with E-state index in [9.17, 15) is 12.8 Å². The smallest absolute Gasteiger partial charge is 0.242 e. The highest BCUT2D eigenvalue weighted by atomic mass is 35.5. The molecule has 1 rings (SSSR count). The summed E-state index contributed by atoms with van der Waals surface area (Å²) in [6.07, 6.45) is 0.676. The first-order valence-electron chi connectivity index (χ1n) is 5.49. The van der Waals surface area contributed by atoms with Crippen molar-refractivity contribution < 1.29 is 12.8 Å². The summed E-state index contributed by atoms with van der Waals surface area (Å²) in [5.74, 6) is -0.775. The van der Waals surface area contributed by atoms with E-state index in [1.165, 1.54) is 17.4 Å². The molecule has 0 aliphatic heterocycles. The molecule has 0 bridgehead atoms. The summed E-state index contributed by atoms with van der Waals surface area (Å²) < 4.78 is 39.0. The van der Waals surface area contributed by atoms with E-state index in [4.69, 9.17) is 17.3 Å². The Hall–Kier alpha value is -0.690. The second-order valence-corrected chi connectivity index (χ2v) is 6.33. The SMILES string of the molecule is CCCN(C)S(=O)(=O)c1cc(F)c(Cl)c(CN)c1. The van der Waals surface area contributed by atoms with Gasteiger partial charge in [-0.2, -0.15) is 0 Å². The molecule has 0 aromatic heterocycles. The van der Waals surface area contributed by atoms with Crippen molar-refractivity contribution in [1.82, 2.24) is 4.31 Å². The molecule has 2 N–H and O–H groups in total. The van der Waals surface area contributed by atoms with Crippen LogP contribution in [0.15, 0.2) is 17.0 Å². The first-order chi connectivity index (χ1) is 8.34. The van der Waals surface area contributed by atoms with Crippen molar-refractivity contribution in [2.75, 3.05) is 13.6 Å². The summed E-state index contributed by atoms with van der Waals surface area (Å²) >= 11 is 5.69. The van der Waals surface area contributed by atoms with Crippen LogP contribution >= 0.6 is 11.6 Å². The summed E-state index contributed by atoms with van der Waals surface area (Å²) in [4.78, 5) is -0.124. The van der Waals surface area contributed by atoms with E-state index in [0.29, 0.717) is 13.0 Å². The van der Waals surface area contributed by atoms with Crippen molar-refractivity contribution in [3.63, 3.8) is 0 Å². The molecular formula is C11H16ClFN2O2S. The molecule has 0 radical (unpaired) electrons. The van der Waals surface area contributed by atoms with Crippen molar-refractivity contribution in [2.24, 2.45) is 5.73 Å². The lowest BCUT2D eigenvalue weighted by Gasteiger charge is -2.17. The Balaban J connectivity index is 3.29. The minimum atomic E-state index is -3.69. The summed E-state index contributed by atoms with van der Waals surface area (Å²) in [6.45, 7) is 2.21. The molecule has 0 amide bonds. The van der Waals surface area contributed by atoms with E-state index in [0.717, 1.165) is 6.07 Å². The Morgan fingerprint density at radius 3 is 2.56 bits per heavy atom. The van der Waals surface area contributed by atoms with Crippen LogP contribution in [0.5, 0.6) is 0 Å². The fourth-order valence-corrected chi connectivity index (χ4v) is 3.04. The van der Waals surface area contributed by atoms with Crippen molar-refractivity contribution in [2.45, 2.75) is 24.8 Å². The van der Waals surface area contributed by atoms with Crippen LogP contribution < -0.4 is 5.73 Å². The third-order valence-corrected chi connectivity index (χ3v) is 4.80. The molecule has 0 spiro atoms. The van der Waals surface area contributed by atoms with Gasteiger partial charge in [0.05, 0.1) is 9.92 Å². The largest absolute Gasteiger partial charge is 0.326 e. The summed E-state index contributed by atoms with van der Waals surface area (Å²) in [7, 11) is -2.24. The lowest BCUT2D eigenvalue weighted by molar-refractivity contribution is 0.467. The second-order valence-electron chi connectivity index (χ2n) is 3.91. The third kappa shape index (κ3) is 3.00. The topological polar surface area (TPSA) is 63.4 Å². The average Bonchev–Trinajstić information content (AvgIpc) is 2.32. The van der Waals surface area contributed by atoms with E-state index in [2.05, 4.69) is 0 Å². The molecule has 0 atom stereocenters. The number of hydrogen-bond donors (Lipinski definition) is 1. The molecule has 0 heterocycles. The van der Waals surface area contributed by atoms with Crippen LogP contribution in [-0.2, 0) is 16.6 Å². The van der Waals surface area contributed by atoms with Crippen molar-refractivity contribution in [3.8, 4) is 0 Å². The maximum atomic E-state index is 13.5. The minimum absolute atomic E-state index is 0.0173. The van der Waals surface area contributed by atoms with Gasteiger partial charge in [0.15, 0.2) is 0 Å². The Bertz CT molecular complexity index is 534. The molecule has 4 nitrogen and oxygen atoms in total. The predicted octanol–water partition coefficient (Wildman–Crippen LogP) is 1.97. The van der Waals surface area contributed by atoms with E-state index >= 15 is 0 Å². The summed E-state index contributed by atoms with van der Waals surface area (Å²) in [5.41, 5.74) is 5.68. The Labute approximate surface area is 112 Å². The van der Waals surface area contributed by atoms with Crippen molar-refractivity contribution in [1.29, 1.82) is 0 Å². The first kappa shape index (κ1) is 15.4. The molecule has 1 aromatic carbocycles. The van der Waals surface area contributed by atoms with Gasteiger partial charge >= 0.3 is 0 Å². The maximum Gasteiger partial charge on any atom is 0.242 e. The van der Waals surface area contributed by atoms with E-state index in [-0.39, 0.29) is 22.0 Å². The monoisotopic (exact) mass is 294 g/mol. The number of benzene rings is 1. The molecule has 0 fully saturated rings. The molecule has 1 aromatic rings. The third-order valence-electron chi connectivity index (χ3n) is 2.54. The fraction of sp³-hybridized carbons (Fsp3) is 0.455. The van der Waals surface area contributed by atoms with Gasteiger partial charge in [-0.15, -0.1) is 0 Å². The molecule has 102 valence electrons. The molecule has 0 aliphatic rings. The lowest BCUT2D eigenvalue weighted by Crippen LogP contribution is -2.28. The van der Waals surface area contributed by atoms with E-state index < -0.39 is 15.8 Å². The number of nitrogens with two attached hydrogens (primary N) is 1. The van der Waals surface area contributed by atoms with Gasteiger partial charge < -0.3 is 5.73 Å². The summed E-state index contributed by atoms with van der Waals surface area (Å²) in [6, 6.07) is 2.23. The second kappa shape index (κ2) is 5.97. The Kier molecular flexibility index (Phi) is 5.10. The normalized spacial score (nSPS) is 12.1. The van der Waals surface area contributed by atoms with Crippen LogP contribution in [0.3, 0.4) is 0 Å². The van der Waals surface area contributed by atoms with Crippen LogP contribution in [0.25, 0.3) is 0 Å². The Morgan fingerprint density at radius 1 is 1.44 bits per heavy atom. The molecule has 0 saturated carbocycles. The molecular weight excluding hydrogens is 279 g/mol. The van der Waals surface area contributed by atoms with Gasteiger partial charge in [-0.3, -0.25) is 0 Å². The number of hydrogen-bond acceptors (Lipinski definition) is 3. The van der Waals surface area contributed by atoms with Gasteiger partial charge in [0.25, 0.3) is 0 Å². The molecule has 7 heteroatoms. The Morgan fingerprint density at radius 2 is 2.06 bits per heavy atom. The van der Waals surface area contributed by atoms with Crippen LogP contribution in [0.1, 0.15) is 18.9 Å².